The highest BCUT2D eigenvalue weighted by molar-refractivity contribution is 7.09. The lowest BCUT2D eigenvalue weighted by Crippen LogP contribution is -2.33. The third-order valence-electron chi connectivity index (χ3n) is 4.75. The molecular formula is C24H27N3O2S. The lowest BCUT2D eigenvalue weighted by molar-refractivity contribution is -0.116. The average Bonchev–Trinajstić information content (AvgIpc) is 3.28. The summed E-state index contributed by atoms with van der Waals surface area (Å²) in [4.78, 5) is 28.0. The van der Waals surface area contributed by atoms with Gasteiger partial charge in [-0.2, -0.15) is 0 Å². The van der Waals surface area contributed by atoms with Gasteiger partial charge in [-0.05, 0) is 54.6 Å². The standard InChI is InChI=1S/C24H27N3O2S/c1-27(21-10-3-2-4-11-21)16-15-25-24(29)19-8-5-9-20(18-19)26-23(28)14-6-12-22-13-7-17-30-22/h2-5,7-11,13,17-18H,6,12,14-16H2,1H3,(H,25,29)(H,26,28). The molecule has 0 atom stereocenters. The van der Waals surface area contributed by atoms with Crippen LogP contribution in [0.25, 0.3) is 0 Å². The zero-order valence-corrected chi connectivity index (χ0v) is 18.0. The Balaban J connectivity index is 1.43. The molecule has 0 aliphatic rings. The number of benzene rings is 2. The average molecular weight is 422 g/mol. The van der Waals surface area contributed by atoms with Gasteiger partial charge in [-0.1, -0.05) is 30.3 Å². The number of nitrogens with one attached hydrogen (secondary N) is 2. The van der Waals surface area contributed by atoms with Crippen molar-refractivity contribution in [2.24, 2.45) is 0 Å². The lowest BCUT2D eigenvalue weighted by atomic mass is 10.1. The number of hydrogen-bond donors (Lipinski definition) is 2. The highest BCUT2D eigenvalue weighted by Crippen LogP contribution is 2.14. The number of likely N-dealkylation sites (N-methyl/N-ethyl adjacent to an activating group) is 1. The van der Waals surface area contributed by atoms with E-state index in [1.807, 2.05) is 48.8 Å². The van der Waals surface area contributed by atoms with E-state index in [0.717, 1.165) is 18.5 Å². The molecule has 1 aromatic heterocycles. The van der Waals surface area contributed by atoms with E-state index in [0.29, 0.717) is 30.8 Å². The van der Waals surface area contributed by atoms with E-state index < -0.39 is 0 Å². The number of thiophene rings is 1. The van der Waals surface area contributed by atoms with Crippen LogP contribution in [0.2, 0.25) is 0 Å². The van der Waals surface area contributed by atoms with Crippen LogP contribution in [0.5, 0.6) is 0 Å². The summed E-state index contributed by atoms with van der Waals surface area (Å²) >= 11 is 1.71. The number of aryl methyl sites for hydroxylation is 1. The van der Waals surface area contributed by atoms with Crippen LogP contribution in [0.1, 0.15) is 28.1 Å². The van der Waals surface area contributed by atoms with Gasteiger partial charge in [-0.15, -0.1) is 11.3 Å². The number of carbonyl (C=O) groups excluding carboxylic acids is 2. The molecule has 0 fully saturated rings. The maximum absolute atomic E-state index is 12.5. The first-order valence-corrected chi connectivity index (χ1v) is 11.0. The first kappa shape index (κ1) is 21.6. The molecule has 2 N–H and O–H groups in total. The van der Waals surface area contributed by atoms with Crippen LogP contribution in [0.15, 0.2) is 72.1 Å². The van der Waals surface area contributed by atoms with Crippen molar-refractivity contribution in [1.82, 2.24) is 5.32 Å². The predicted molar refractivity (Wildman–Crippen MR) is 124 cm³/mol. The van der Waals surface area contributed by atoms with Crippen LogP contribution in [0, 0.1) is 0 Å². The second-order valence-corrected chi connectivity index (χ2v) is 8.11. The molecule has 0 radical (unpaired) electrons. The summed E-state index contributed by atoms with van der Waals surface area (Å²) in [7, 11) is 2.00. The molecule has 1 heterocycles. The van der Waals surface area contributed by atoms with Crippen LogP contribution in [0.4, 0.5) is 11.4 Å². The largest absolute Gasteiger partial charge is 0.373 e. The molecule has 0 aliphatic heterocycles. The summed E-state index contributed by atoms with van der Waals surface area (Å²) < 4.78 is 0. The molecular weight excluding hydrogens is 394 g/mol. The van der Waals surface area contributed by atoms with Crippen LogP contribution < -0.4 is 15.5 Å². The van der Waals surface area contributed by atoms with Gasteiger partial charge in [0, 0.05) is 48.4 Å². The third-order valence-corrected chi connectivity index (χ3v) is 5.68. The number of amides is 2. The van der Waals surface area contributed by atoms with Crippen molar-refractivity contribution >= 4 is 34.5 Å². The monoisotopic (exact) mass is 421 g/mol. The number of carbonyl (C=O) groups is 2. The summed E-state index contributed by atoms with van der Waals surface area (Å²) in [6.45, 7) is 1.24. The van der Waals surface area contributed by atoms with Crippen molar-refractivity contribution in [2.75, 3.05) is 30.4 Å². The molecule has 6 heteroatoms. The second-order valence-electron chi connectivity index (χ2n) is 7.07. The predicted octanol–water partition coefficient (Wildman–Crippen LogP) is 4.58. The van der Waals surface area contributed by atoms with Gasteiger partial charge in [0.25, 0.3) is 5.91 Å². The van der Waals surface area contributed by atoms with Crippen LogP contribution >= 0.6 is 11.3 Å². The minimum absolute atomic E-state index is 0.0337. The van der Waals surface area contributed by atoms with Crippen LogP contribution in [-0.2, 0) is 11.2 Å². The second kappa shape index (κ2) is 11.2. The van der Waals surface area contributed by atoms with Gasteiger partial charge in [0.15, 0.2) is 0 Å². The number of nitrogens with zero attached hydrogens (tertiary/aromatic N) is 1. The first-order chi connectivity index (χ1) is 14.6. The van der Waals surface area contributed by atoms with Gasteiger partial charge in [0.2, 0.25) is 5.91 Å². The molecule has 30 heavy (non-hydrogen) atoms. The molecule has 3 aromatic rings. The van der Waals surface area contributed by atoms with Crippen LogP contribution in [-0.4, -0.2) is 32.0 Å². The van der Waals surface area contributed by atoms with E-state index in [9.17, 15) is 9.59 Å². The smallest absolute Gasteiger partial charge is 0.251 e. The molecule has 2 amide bonds. The van der Waals surface area contributed by atoms with Gasteiger partial charge in [-0.25, -0.2) is 0 Å². The van der Waals surface area contributed by atoms with Crippen LogP contribution in [0.3, 0.4) is 0 Å². The highest BCUT2D eigenvalue weighted by atomic mass is 32.1. The summed E-state index contributed by atoms with van der Waals surface area (Å²) in [5, 5.41) is 7.87. The van der Waals surface area contributed by atoms with E-state index in [-0.39, 0.29) is 11.8 Å². The normalized spacial score (nSPS) is 10.4. The Morgan fingerprint density at radius 2 is 1.83 bits per heavy atom. The number of hydrogen-bond acceptors (Lipinski definition) is 4. The summed E-state index contributed by atoms with van der Waals surface area (Å²) in [5.74, 6) is -0.182. The zero-order chi connectivity index (χ0) is 21.2. The minimum Gasteiger partial charge on any atom is -0.373 e. The Bertz CT molecular complexity index is 942. The SMILES string of the molecule is CN(CCNC(=O)c1cccc(NC(=O)CCCc2cccs2)c1)c1ccccc1. The quantitative estimate of drug-likeness (QED) is 0.504. The molecule has 0 saturated carbocycles. The summed E-state index contributed by atoms with van der Waals surface area (Å²) in [6, 6.07) is 21.2. The molecule has 5 nitrogen and oxygen atoms in total. The molecule has 156 valence electrons. The molecule has 0 saturated heterocycles. The van der Waals surface area contributed by atoms with Gasteiger partial charge < -0.3 is 15.5 Å². The summed E-state index contributed by atoms with van der Waals surface area (Å²) in [6.07, 6.45) is 2.17. The summed E-state index contributed by atoms with van der Waals surface area (Å²) in [5.41, 5.74) is 2.29. The topological polar surface area (TPSA) is 61.4 Å². The van der Waals surface area contributed by atoms with E-state index >= 15 is 0 Å². The Kier molecular flexibility index (Phi) is 8.03. The van der Waals surface area contributed by atoms with E-state index in [4.69, 9.17) is 0 Å². The molecule has 0 unspecified atom stereocenters. The fraction of sp³-hybridized carbons (Fsp3) is 0.250. The Hall–Kier alpha value is -3.12. The third kappa shape index (κ3) is 6.74. The van der Waals surface area contributed by atoms with E-state index in [1.165, 1.54) is 4.88 Å². The zero-order valence-electron chi connectivity index (χ0n) is 17.1. The molecule has 0 bridgehead atoms. The Labute approximate surface area is 181 Å². The van der Waals surface area contributed by atoms with Gasteiger partial charge in [0.1, 0.15) is 0 Å². The lowest BCUT2D eigenvalue weighted by Gasteiger charge is -2.19. The van der Waals surface area contributed by atoms with E-state index in [2.05, 4.69) is 21.6 Å². The Morgan fingerprint density at radius 3 is 2.60 bits per heavy atom. The number of rotatable bonds is 10. The van der Waals surface area contributed by atoms with Gasteiger partial charge in [0.05, 0.1) is 0 Å². The van der Waals surface area contributed by atoms with Crippen molar-refractivity contribution in [1.29, 1.82) is 0 Å². The van der Waals surface area contributed by atoms with Crippen molar-refractivity contribution in [3.63, 3.8) is 0 Å². The van der Waals surface area contributed by atoms with E-state index in [1.54, 1.807) is 35.6 Å². The fourth-order valence-electron chi connectivity index (χ4n) is 3.09. The molecule has 3 rings (SSSR count). The maximum atomic E-state index is 12.5. The molecule has 0 aliphatic carbocycles. The number of anilines is 2. The van der Waals surface area contributed by atoms with Crippen molar-refractivity contribution < 1.29 is 9.59 Å². The molecule has 0 spiro atoms. The minimum atomic E-state index is -0.148. The van der Waals surface area contributed by atoms with Crippen molar-refractivity contribution in [3.05, 3.63) is 82.6 Å². The van der Waals surface area contributed by atoms with Crippen molar-refractivity contribution in [2.45, 2.75) is 19.3 Å². The highest BCUT2D eigenvalue weighted by Gasteiger charge is 2.09. The fourth-order valence-corrected chi connectivity index (χ4v) is 3.84. The first-order valence-electron chi connectivity index (χ1n) is 10.1. The molecule has 2 aromatic carbocycles. The van der Waals surface area contributed by atoms with Gasteiger partial charge >= 0.3 is 0 Å². The maximum Gasteiger partial charge on any atom is 0.251 e. The van der Waals surface area contributed by atoms with Gasteiger partial charge in [-0.3, -0.25) is 9.59 Å². The van der Waals surface area contributed by atoms with Crippen molar-refractivity contribution in [3.8, 4) is 0 Å². The Morgan fingerprint density at radius 1 is 1.00 bits per heavy atom. The number of para-hydroxylation sites is 1.